The molecule has 1 fully saturated rings. The molecule has 4 rings (SSSR count). The number of ether oxygens (including phenoxy) is 1. The lowest BCUT2D eigenvalue weighted by Crippen LogP contribution is -2.54. The molecule has 2 aliphatic rings. The lowest BCUT2D eigenvalue weighted by atomic mass is 9.77. The van der Waals surface area contributed by atoms with Crippen molar-refractivity contribution in [3.63, 3.8) is 0 Å². The maximum atomic E-state index is 13.2. The van der Waals surface area contributed by atoms with Gasteiger partial charge in [0, 0.05) is 17.3 Å². The van der Waals surface area contributed by atoms with Crippen LogP contribution in [0.25, 0.3) is 0 Å². The predicted molar refractivity (Wildman–Crippen MR) is 116 cm³/mol. The molecule has 3 atom stereocenters. The molecular formula is C23H32N4O2. The zero-order valence-electron chi connectivity index (χ0n) is 18.2. The number of methoxy groups -OCH3 is 1. The zero-order chi connectivity index (χ0) is 20.7. The Morgan fingerprint density at radius 2 is 1.86 bits per heavy atom. The topological polar surface area (TPSA) is 50.6 Å². The first-order valence-corrected chi connectivity index (χ1v) is 10.6. The molecule has 0 amide bonds. The number of nitrogens with zero attached hydrogens (tertiary/aromatic N) is 4. The van der Waals surface area contributed by atoms with Gasteiger partial charge in [0.2, 0.25) is 5.95 Å². The second-order valence-electron chi connectivity index (χ2n) is 8.66. The maximum absolute atomic E-state index is 13.2. The van der Waals surface area contributed by atoms with Gasteiger partial charge < -0.3 is 4.74 Å². The largest absolute Gasteiger partial charge is 0.495 e. The number of anilines is 2. The zero-order valence-corrected chi connectivity index (χ0v) is 18.2. The molecule has 0 saturated heterocycles. The summed E-state index contributed by atoms with van der Waals surface area (Å²) in [4.78, 5) is 22.6. The molecular weight excluding hydrogens is 364 g/mol. The average molecular weight is 397 g/mol. The molecule has 2 heterocycles. The Balaban J connectivity index is 1.83. The van der Waals surface area contributed by atoms with Crippen molar-refractivity contribution in [2.45, 2.75) is 59.7 Å². The van der Waals surface area contributed by atoms with E-state index in [1.807, 2.05) is 42.7 Å². The quantitative estimate of drug-likeness (QED) is 0.783. The Morgan fingerprint density at radius 1 is 1.10 bits per heavy atom. The lowest BCUT2D eigenvalue weighted by molar-refractivity contribution is 0.0490. The average Bonchev–Trinajstić information content (AvgIpc) is 2.73. The van der Waals surface area contributed by atoms with Gasteiger partial charge >= 0.3 is 0 Å². The molecule has 156 valence electrons. The summed E-state index contributed by atoms with van der Waals surface area (Å²) >= 11 is 0. The van der Waals surface area contributed by atoms with Crippen molar-refractivity contribution in [1.29, 1.82) is 0 Å². The van der Waals surface area contributed by atoms with E-state index < -0.39 is 0 Å². The third kappa shape index (κ3) is 3.44. The smallest absolute Gasteiger partial charge is 0.259 e. The third-order valence-electron chi connectivity index (χ3n) is 7.01. The van der Waals surface area contributed by atoms with Crippen LogP contribution < -0.4 is 15.2 Å². The third-order valence-corrected chi connectivity index (χ3v) is 7.01. The Bertz CT molecular complexity index is 954. The van der Waals surface area contributed by atoms with E-state index in [-0.39, 0.29) is 5.56 Å². The Kier molecular flexibility index (Phi) is 5.38. The van der Waals surface area contributed by atoms with E-state index in [4.69, 9.17) is 9.72 Å². The summed E-state index contributed by atoms with van der Waals surface area (Å²) in [5, 5.41) is 0. The number of benzene rings is 1. The van der Waals surface area contributed by atoms with Crippen LogP contribution in [0.3, 0.4) is 0 Å². The standard InChI is InChI=1S/C23H32N4O2/c1-15-9-8-11-19(16(15)2)25-13-26(20-10-6-7-12-21(20)29-5)23-24-18(4)17(3)22(28)27(23)14-25/h6-7,10,12,15-16,19H,8-9,11,13-14H2,1-5H3. The molecule has 1 aromatic heterocycles. The van der Waals surface area contributed by atoms with E-state index in [1.54, 1.807) is 7.11 Å². The van der Waals surface area contributed by atoms with Crippen LogP contribution in [0, 0.1) is 25.7 Å². The molecule has 3 unspecified atom stereocenters. The first-order valence-electron chi connectivity index (χ1n) is 10.6. The molecule has 1 saturated carbocycles. The van der Waals surface area contributed by atoms with Gasteiger partial charge in [0.1, 0.15) is 5.75 Å². The monoisotopic (exact) mass is 396 g/mol. The Hall–Kier alpha value is -2.34. The molecule has 0 radical (unpaired) electrons. The number of rotatable bonds is 3. The molecule has 2 aromatic rings. The van der Waals surface area contributed by atoms with Crippen molar-refractivity contribution in [3.8, 4) is 5.75 Å². The van der Waals surface area contributed by atoms with Gasteiger partial charge in [-0.1, -0.05) is 38.8 Å². The van der Waals surface area contributed by atoms with Crippen molar-refractivity contribution in [2.24, 2.45) is 11.8 Å². The molecule has 29 heavy (non-hydrogen) atoms. The maximum Gasteiger partial charge on any atom is 0.259 e. The summed E-state index contributed by atoms with van der Waals surface area (Å²) < 4.78 is 7.48. The number of hydrogen-bond donors (Lipinski definition) is 0. The Labute approximate surface area is 173 Å². The van der Waals surface area contributed by atoms with Crippen molar-refractivity contribution < 1.29 is 4.74 Å². The fraction of sp³-hybridized carbons (Fsp3) is 0.565. The highest BCUT2D eigenvalue weighted by atomic mass is 16.5. The molecule has 1 aliphatic heterocycles. The SMILES string of the molecule is COc1ccccc1N1CN(C2CCCC(C)C2C)Cn2c1nc(C)c(C)c2=O. The van der Waals surface area contributed by atoms with Gasteiger partial charge in [0.05, 0.1) is 26.1 Å². The molecule has 1 aliphatic carbocycles. The number of aromatic nitrogens is 2. The van der Waals surface area contributed by atoms with E-state index in [0.717, 1.165) is 22.7 Å². The number of fused-ring (bicyclic) bond motifs is 1. The van der Waals surface area contributed by atoms with Crippen molar-refractivity contribution in [2.75, 3.05) is 18.7 Å². The molecule has 0 bridgehead atoms. The summed E-state index contributed by atoms with van der Waals surface area (Å²) in [5.74, 6) is 2.79. The summed E-state index contributed by atoms with van der Waals surface area (Å²) in [5.41, 5.74) is 2.50. The van der Waals surface area contributed by atoms with E-state index in [1.165, 1.54) is 19.3 Å². The number of aryl methyl sites for hydroxylation is 1. The number of hydrogen-bond acceptors (Lipinski definition) is 5. The van der Waals surface area contributed by atoms with Gasteiger partial charge in [-0.25, -0.2) is 4.98 Å². The van der Waals surface area contributed by atoms with Crippen molar-refractivity contribution >= 4 is 11.6 Å². The van der Waals surface area contributed by atoms with Gasteiger partial charge in [-0.15, -0.1) is 0 Å². The molecule has 1 aromatic carbocycles. The van der Waals surface area contributed by atoms with Crippen molar-refractivity contribution in [1.82, 2.24) is 14.5 Å². The highest BCUT2D eigenvalue weighted by molar-refractivity contribution is 5.66. The second-order valence-corrected chi connectivity index (χ2v) is 8.66. The van der Waals surface area contributed by atoms with Gasteiger partial charge in [0.15, 0.2) is 0 Å². The molecule has 6 nitrogen and oxygen atoms in total. The van der Waals surface area contributed by atoms with Crippen LogP contribution in [0.2, 0.25) is 0 Å². The summed E-state index contributed by atoms with van der Waals surface area (Å²) in [7, 11) is 1.69. The van der Waals surface area contributed by atoms with Crippen LogP contribution in [0.5, 0.6) is 5.75 Å². The minimum atomic E-state index is 0.0496. The Morgan fingerprint density at radius 3 is 2.62 bits per heavy atom. The summed E-state index contributed by atoms with van der Waals surface area (Å²) in [6, 6.07) is 8.43. The fourth-order valence-electron chi connectivity index (χ4n) is 4.86. The van der Waals surface area contributed by atoms with E-state index in [2.05, 4.69) is 23.6 Å². The van der Waals surface area contributed by atoms with Gasteiger partial charge in [0.25, 0.3) is 5.56 Å². The normalized spacial score (nSPS) is 25.0. The van der Waals surface area contributed by atoms with Crippen LogP contribution in [-0.2, 0) is 6.67 Å². The first kappa shape index (κ1) is 20.0. The van der Waals surface area contributed by atoms with E-state index in [0.29, 0.717) is 37.2 Å². The first-order chi connectivity index (χ1) is 13.9. The van der Waals surface area contributed by atoms with Crippen LogP contribution in [0.4, 0.5) is 11.6 Å². The van der Waals surface area contributed by atoms with Crippen molar-refractivity contribution in [3.05, 3.63) is 45.9 Å². The minimum Gasteiger partial charge on any atom is -0.495 e. The van der Waals surface area contributed by atoms with Gasteiger partial charge in [-0.05, 0) is 44.2 Å². The van der Waals surface area contributed by atoms with Crippen LogP contribution in [0.1, 0.15) is 44.4 Å². The number of para-hydroxylation sites is 2. The molecule has 6 heteroatoms. The summed E-state index contributed by atoms with van der Waals surface area (Å²) in [6.45, 7) is 9.80. The van der Waals surface area contributed by atoms with E-state index >= 15 is 0 Å². The van der Waals surface area contributed by atoms with E-state index in [9.17, 15) is 4.79 Å². The fourth-order valence-corrected chi connectivity index (χ4v) is 4.86. The molecule has 0 spiro atoms. The summed E-state index contributed by atoms with van der Waals surface area (Å²) in [6.07, 6.45) is 3.71. The van der Waals surface area contributed by atoms with Crippen LogP contribution in [0.15, 0.2) is 29.1 Å². The van der Waals surface area contributed by atoms with Gasteiger partial charge in [-0.3, -0.25) is 19.2 Å². The highest BCUT2D eigenvalue weighted by Crippen LogP contribution is 2.38. The van der Waals surface area contributed by atoms with Gasteiger partial charge in [-0.2, -0.15) is 0 Å². The molecule has 0 N–H and O–H groups in total. The van der Waals surface area contributed by atoms with Crippen LogP contribution in [-0.4, -0.2) is 34.3 Å². The lowest BCUT2D eigenvalue weighted by Gasteiger charge is -2.46. The van der Waals surface area contributed by atoms with Crippen LogP contribution >= 0.6 is 0 Å². The minimum absolute atomic E-state index is 0.0496. The highest BCUT2D eigenvalue weighted by Gasteiger charge is 2.37. The second kappa shape index (κ2) is 7.82. The predicted octanol–water partition coefficient (Wildman–Crippen LogP) is 4.06.